The molecule has 1 N–H and O–H groups in total. The highest BCUT2D eigenvalue weighted by Gasteiger charge is 2.26. The maximum atomic E-state index is 12.5. The zero-order valence-corrected chi connectivity index (χ0v) is 16.7. The summed E-state index contributed by atoms with van der Waals surface area (Å²) < 4.78 is 5.16. The van der Waals surface area contributed by atoms with Gasteiger partial charge >= 0.3 is 5.97 Å². The molecule has 0 saturated heterocycles. The Hall–Kier alpha value is -3.22. The molecule has 0 radical (unpaired) electrons. The zero-order valence-electron chi connectivity index (χ0n) is 16.7. The van der Waals surface area contributed by atoms with Gasteiger partial charge in [0.25, 0.3) is 5.69 Å². The third kappa shape index (κ3) is 7.37. The molecule has 1 unspecified atom stereocenters. The van der Waals surface area contributed by atoms with E-state index in [0.29, 0.717) is 6.42 Å². The number of rotatable bonds is 10. The number of benzene rings is 2. The Bertz CT molecular complexity index is 836. The maximum Gasteiger partial charge on any atom is 0.308 e. The number of hydrogen-bond donors (Lipinski definition) is 1. The Labute approximate surface area is 170 Å². The van der Waals surface area contributed by atoms with Crippen molar-refractivity contribution >= 4 is 17.6 Å². The van der Waals surface area contributed by atoms with Gasteiger partial charge in [-0.15, -0.1) is 0 Å². The lowest BCUT2D eigenvalue weighted by Gasteiger charge is -2.19. The summed E-state index contributed by atoms with van der Waals surface area (Å²) in [7, 11) is 0. The molecule has 1 atom stereocenters. The van der Waals surface area contributed by atoms with Crippen LogP contribution in [0, 0.1) is 10.1 Å². The van der Waals surface area contributed by atoms with Crippen LogP contribution in [0.15, 0.2) is 54.6 Å². The van der Waals surface area contributed by atoms with Crippen LogP contribution >= 0.6 is 0 Å². The normalized spacial score (nSPS) is 11.7. The number of nitro benzene ring substituents is 1. The van der Waals surface area contributed by atoms with E-state index >= 15 is 0 Å². The standard InChI is InChI=1S/C22H26N2O5/c1-16(2)29-22(26)15-19(18-12-6-7-13-20(18)24(27)28)23-21(25)14-8-11-17-9-4-3-5-10-17/h3-7,9-10,12-13,16,19H,8,11,14-15H2,1-2H3,(H,23,25). The third-order valence-corrected chi connectivity index (χ3v) is 4.29. The number of esters is 1. The number of hydrogen-bond acceptors (Lipinski definition) is 5. The molecule has 154 valence electrons. The van der Waals surface area contributed by atoms with Crippen molar-refractivity contribution in [3.05, 3.63) is 75.8 Å². The molecule has 2 rings (SSSR count). The van der Waals surface area contributed by atoms with E-state index in [0.717, 1.165) is 12.0 Å². The van der Waals surface area contributed by atoms with E-state index in [4.69, 9.17) is 4.74 Å². The van der Waals surface area contributed by atoms with Crippen molar-refractivity contribution in [1.82, 2.24) is 5.32 Å². The fourth-order valence-corrected chi connectivity index (χ4v) is 3.03. The summed E-state index contributed by atoms with van der Waals surface area (Å²) in [5, 5.41) is 14.2. The van der Waals surface area contributed by atoms with Gasteiger partial charge in [0.15, 0.2) is 0 Å². The van der Waals surface area contributed by atoms with Gasteiger partial charge < -0.3 is 10.1 Å². The van der Waals surface area contributed by atoms with Crippen molar-refractivity contribution in [2.24, 2.45) is 0 Å². The molecule has 0 aliphatic carbocycles. The zero-order chi connectivity index (χ0) is 21.2. The van der Waals surface area contributed by atoms with Crippen LogP contribution in [0.3, 0.4) is 0 Å². The van der Waals surface area contributed by atoms with Crippen molar-refractivity contribution in [2.75, 3.05) is 0 Å². The molecule has 29 heavy (non-hydrogen) atoms. The topological polar surface area (TPSA) is 98.5 Å². The lowest BCUT2D eigenvalue weighted by Crippen LogP contribution is -2.31. The first-order valence-electron chi connectivity index (χ1n) is 9.63. The molecular weight excluding hydrogens is 372 g/mol. The van der Waals surface area contributed by atoms with Crippen LogP contribution in [0.25, 0.3) is 0 Å². The monoisotopic (exact) mass is 398 g/mol. The second kappa shape index (κ2) is 10.9. The van der Waals surface area contributed by atoms with Crippen molar-refractivity contribution in [1.29, 1.82) is 0 Å². The van der Waals surface area contributed by atoms with Crippen molar-refractivity contribution in [2.45, 2.75) is 51.7 Å². The van der Waals surface area contributed by atoms with Crippen LogP contribution in [-0.4, -0.2) is 22.9 Å². The number of carbonyl (C=O) groups excluding carboxylic acids is 2. The van der Waals surface area contributed by atoms with E-state index in [1.165, 1.54) is 6.07 Å². The van der Waals surface area contributed by atoms with Gasteiger partial charge in [-0.25, -0.2) is 0 Å². The number of nitrogens with zero attached hydrogens (tertiary/aromatic N) is 1. The number of ether oxygens (including phenoxy) is 1. The molecule has 0 aliphatic heterocycles. The molecule has 0 fully saturated rings. The summed E-state index contributed by atoms with van der Waals surface area (Å²) >= 11 is 0. The molecule has 7 heteroatoms. The molecule has 1 amide bonds. The smallest absolute Gasteiger partial charge is 0.308 e. The molecule has 0 aliphatic rings. The van der Waals surface area contributed by atoms with Gasteiger partial charge in [0.2, 0.25) is 5.91 Å². The molecule has 0 bridgehead atoms. The van der Waals surface area contributed by atoms with Crippen LogP contribution in [0.1, 0.15) is 50.3 Å². The van der Waals surface area contributed by atoms with Crippen molar-refractivity contribution in [3.8, 4) is 0 Å². The van der Waals surface area contributed by atoms with Crippen molar-refractivity contribution in [3.63, 3.8) is 0 Å². The summed E-state index contributed by atoms with van der Waals surface area (Å²) in [6, 6.07) is 15.1. The summed E-state index contributed by atoms with van der Waals surface area (Å²) in [4.78, 5) is 35.5. The Morgan fingerprint density at radius 3 is 2.38 bits per heavy atom. The molecule has 0 heterocycles. The highest BCUT2D eigenvalue weighted by molar-refractivity contribution is 5.78. The molecule has 7 nitrogen and oxygen atoms in total. The van der Waals surface area contributed by atoms with Gasteiger partial charge in [-0.1, -0.05) is 48.5 Å². The lowest BCUT2D eigenvalue weighted by molar-refractivity contribution is -0.385. The molecule has 0 aromatic heterocycles. The van der Waals surface area contributed by atoms with E-state index in [2.05, 4.69) is 5.32 Å². The SMILES string of the molecule is CC(C)OC(=O)CC(NC(=O)CCCc1ccccc1)c1ccccc1[N+](=O)[O-]. The average molecular weight is 398 g/mol. The van der Waals surface area contributed by atoms with Gasteiger partial charge in [-0.05, 0) is 32.3 Å². The Morgan fingerprint density at radius 2 is 1.72 bits per heavy atom. The fraction of sp³-hybridized carbons (Fsp3) is 0.364. The van der Waals surface area contributed by atoms with E-state index in [1.54, 1.807) is 32.0 Å². The van der Waals surface area contributed by atoms with Gasteiger partial charge in [0.1, 0.15) is 0 Å². The number of nitro groups is 1. The first kappa shape index (κ1) is 22.1. The minimum absolute atomic E-state index is 0.139. The number of carbonyl (C=O) groups is 2. The molecule has 0 spiro atoms. The quantitative estimate of drug-likeness (QED) is 0.369. The highest BCUT2D eigenvalue weighted by atomic mass is 16.6. The number of amides is 1. The molecule has 2 aromatic carbocycles. The lowest BCUT2D eigenvalue weighted by atomic mass is 10.0. The summed E-state index contributed by atoms with van der Waals surface area (Å²) in [6.45, 7) is 3.44. The second-order valence-electron chi connectivity index (χ2n) is 7.02. The number of aryl methyl sites for hydroxylation is 1. The van der Waals surface area contributed by atoms with Crippen LogP contribution < -0.4 is 5.32 Å². The Morgan fingerprint density at radius 1 is 1.07 bits per heavy atom. The second-order valence-corrected chi connectivity index (χ2v) is 7.02. The highest BCUT2D eigenvalue weighted by Crippen LogP contribution is 2.27. The first-order valence-corrected chi connectivity index (χ1v) is 9.63. The fourth-order valence-electron chi connectivity index (χ4n) is 3.03. The Balaban J connectivity index is 2.07. The van der Waals surface area contributed by atoms with E-state index in [1.807, 2.05) is 30.3 Å². The Kier molecular flexibility index (Phi) is 8.33. The van der Waals surface area contributed by atoms with Crippen LogP contribution in [0.2, 0.25) is 0 Å². The largest absolute Gasteiger partial charge is 0.463 e. The minimum atomic E-state index is -0.827. The molecular formula is C22H26N2O5. The van der Waals surface area contributed by atoms with E-state index < -0.39 is 16.9 Å². The van der Waals surface area contributed by atoms with Crippen LogP contribution in [0.5, 0.6) is 0 Å². The predicted molar refractivity (Wildman–Crippen MR) is 109 cm³/mol. The summed E-state index contributed by atoms with van der Waals surface area (Å²) in [6.07, 6.45) is 1.16. The van der Waals surface area contributed by atoms with Gasteiger partial charge in [0.05, 0.1) is 29.1 Å². The molecule has 0 saturated carbocycles. The van der Waals surface area contributed by atoms with E-state index in [-0.39, 0.29) is 36.1 Å². The van der Waals surface area contributed by atoms with Gasteiger partial charge in [-0.3, -0.25) is 19.7 Å². The third-order valence-electron chi connectivity index (χ3n) is 4.29. The van der Waals surface area contributed by atoms with E-state index in [9.17, 15) is 19.7 Å². The average Bonchev–Trinajstić information content (AvgIpc) is 2.67. The summed E-state index contributed by atoms with van der Waals surface area (Å²) in [5.41, 5.74) is 1.28. The first-order chi connectivity index (χ1) is 13.9. The molecule has 2 aromatic rings. The van der Waals surface area contributed by atoms with Crippen LogP contribution in [-0.2, 0) is 20.7 Å². The maximum absolute atomic E-state index is 12.5. The van der Waals surface area contributed by atoms with Gasteiger partial charge in [0, 0.05) is 12.5 Å². The van der Waals surface area contributed by atoms with Crippen molar-refractivity contribution < 1.29 is 19.2 Å². The van der Waals surface area contributed by atoms with Gasteiger partial charge in [-0.2, -0.15) is 0 Å². The summed E-state index contributed by atoms with van der Waals surface area (Å²) in [5.74, 6) is -0.783. The number of nitrogens with one attached hydrogen (secondary N) is 1. The van der Waals surface area contributed by atoms with Crippen LogP contribution in [0.4, 0.5) is 5.69 Å². The predicted octanol–water partition coefficient (Wildman–Crippen LogP) is 4.12. The minimum Gasteiger partial charge on any atom is -0.463 e. The number of para-hydroxylation sites is 1.